The molecule has 144 valence electrons. The Bertz CT molecular complexity index is 1190. The van der Waals surface area contributed by atoms with Gasteiger partial charge in [0.05, 0.1) is 27.5 Å². The molecule has 0 spiro atoms. The van der Waals surface area contributed by atoms with Crippen LogP contribution in [0, 0.1) is 12.7 Å². The van der Waals surface area contributed by atoms with E-state index >= 15 is 0 Å². The van der Waals surface area contributed by atoms with Crippen molar-refractivity contribution in [1.82, 2.24) is 0 Å². The minimum absolute atomic E-state index is 0.0769. The van der Waals surface area contributed by atoms with Gasteiger partial charge in [-0.1, -0.05) is 35.9 Å². The topological polar surface area (TPSA) is 66.5 Å². The number of fused-ring (bicyclic) bond motifs is 1. The Morgan fingerprint density at radius 2 is 1.69 bits per heavy atom. The van der Waals surface area contributed by atoms with Crippen LogP contribution in [0.15, 0.2) is 60.7 Å². The molecule has 0 unspecified atom stereocenters. The summed E-state index contributed by atoms with van der Waals surface area (Å²) in [5, 5.41) is 2.31. The fourth-order valence-corrected chi connectivity index (χ4v) is 3.38. The molecule has 1 N–H and O–H groups in total. The summed E-state index contributed by atoms with van der Waals surface area (Å²) in [6, 6.07) is 15.5. The molecule has 1 aliphatic rings. The number of para-hydroxylation sites is 1. The number of amides is 3. The largest absolute Gasteiger partial charge is 0.319 e. The molecule has 0 saturated heterocycles. The molecule has 7 heteroatoms. The first kappa shape index (κ1) is 18.8. The molecule has 1 heterocycles. The van der Waals surface area contributed by atoms with Crippen LogP contribution >= 0.6 is 11.6 Å². The number of carbonyl (C=O) groups is 3. The van der Waals surface area contributed by atoms with Gasteiger partial charge in [0.2, 0.25) is 0 Å². The van der Waals surface area contributed by atoms with Gasteiger partial charge in [-0.25, -0.2) is 9.29 Å². The maximum atomic E-state index is 14.0. The molecule has 0 aromatic heterocycles. The summed E-state index contributed by atoms with van der Waals surface area (Å²) < 4.78 is 14.0. The van der Waals surface area contributed by atoms with Crippen molar-refractivity contribution in [3.05, 3.63) is 93.8 Å². The van der Waals surface area contributed by atoms with E-state index in [0.29, 0.717) is 5.69 Å². The summed E-state index contributed by atoms with van der Waals surface area (Å²) in [6.45, 7) is 1.80. The second-order valence-corrected chi connectivity index (χ2v) is 6.96. The van der Waals surface area contributed by atoms with E-state index in [1.807, 2.05) is 6.07 Å². The lowest BCUT2D eigenvalue weighted by molar-refractivity contribution is 0.0925. The van der Waals surface area contributed by atoms with Crippen LogP contribution < -0.4 is 10.2 Å². The number of anilines is 2. The Morgan fingerprint density at radius 3 is 2.45 bits per heavy atom. The number of nitrogens with one attached hydrogen (secondary N) is 1. The molecule has 0 fully saturated rings. The van der Waals surface area contributed by atoms with Gasteiger partial charge in [-0.15, -0.1) is 0 Å². The minimum atomic E-state index is -0.749. The van der Waals surface area contributed by atoms with Crippen LogP contribution in [-0.2, 0) is 0 Å². The first-order chi connectivity index (χ1) is 13.9. The lowest BCUT2D eigenvalue weighted by Gasteiger charge is -2.16. The lowest BCUT2D eigenvalue weighted by Crippen LogP contribution is -2.29. The quantitative estimate of drug-likeness (QED) is 0.630. The molecule has 0 bridgehead atoms. The molecule has 3 aromatic carbocycles. The van der Waals surface area contributed by atoms with Crippen molar-refractivity contribution in [2.75, 3.05) is 10.2 Å². The third-order valence-corrected chi connectivity index (χ3v) is 5.00. The van der Waals surface area contributed by atoms with Gasteiger partial charge in [-0.2, -0.15) is 0 Å². The highest BCUT2D eigenvalue weighted by atomic mass is 35.5. The molecule has 0 aliphatic carbocycles. The van der Waals surface area contributed by atoms with Crippen molar-refractivity contribution in [2.24, 2.45) is 0 Å². The molecule has 3 amide bonds. The van der Waals surface area contributed by atoms with E-state index in [0.717, 1.165) is 10.5 Å². The standard InChI is InChI=1S/C22H14ClFN2O3/c1-12-5-2-3-8-18(12)26-21(28)14-10-9-13(11-15(14)22(26)29)20(27)25-17-7-4-6-16(23)19(17)24/h2-11H,1H3,(H,25,27). The van der Waals surface area contributed by atoms with Gasteiger partial charge in [0, 0.05) is 5.56 Å². The SMILES string of the molecule is Cc1ccccc1N1C(=O)c2ccc(C(=O)Nc3cccc(Cl)c3F)cc2C1=O. The first-order valence-corrected chi connectivity index (χ1v) is 9.10. The predicted molar refractivity (Wildman–Crippen MR) is 108 cm³/mol. The number of imide groups is 1. The fraction of sp³-hybridized carbons (Fsp3) is 0.0455. The van der Waals surface area contributed by atoms with Crippen molar-refractivity contribution in [3.63, 3.8) is 0 Å². The summed E-state index contributed by atoms with van der Waals surface area (Å²) in [6.07, 6.45) is 0. The zero-order chi connectivity index (χ0) is 20.7. The van der Waals surface area contributed by atoms with Gasteiger partial charge in [0.1, 0.15) is 0 Å². The minimum Gasteiger partial charge on any atom is -0.319 e. The van der Waals surface area contributed by atoms with Crippen molar-refractivity contribution < 1.29 is 18.8 Å². The second kappa shape index (κ2) is 7.14. The Labute approximate surface area is 170 Å². The third-order valence-electron chi connectivity index (χ3n) is 4.70. The third kappa shape index (κ3) is 3.17. The van der Waals surface area contributed by atoms with Crippen LogP contribution in [0.2, 0.25) is 5.02 Å². The first-order valence-electron chi connectivity index (χ1n) is 8.72. The number of halogens is 2. The summed E-state index contributed by atoms with van der Waals surface area (Å²) in [5.41, 5.74) is 1.64. The van der Waals surface area contributed by atoms with Gasteiger partial charge in [0.15, 0.2) is 5.82 Å². The van der Waals surface area contributed by atoms with Crippen LogP contribution in [0.4, 0.5) is 15.8 Å². The highest BCUT2D eigenvalue weighted by Crippen LogP contribution is 2.31. The number of aryl methyl sites for hydroxylation is 1. The smallest absolute Gasteiger partial charge is 0.266 e. The lowest BCUT2D eigenvalue weighted by atomic mass is 10.1. The summed E-state index contributed by atoms with van der Waals surface area (Å²) in [4.78, 5) is 39.3. The highest BCUT2D eigenvalue weighted by molar-refractivity contribution is 6.35. The van der Waals surface area contributed by atoms with E-state index in [9.17, 15) is 18.8 Å². The Kier molecular flexibility index (Phi) is 4.64. The van der Waals surface area contributed by atoms with Gasteiger partial charge < -0.3 is 5.32 Å². The van der Waals surface area contributed by atoms with Crippen molar-refractivity contribution in [2.45, 2.75) is 6.92 Å². The summed E-state index contributed by atoms with van der Waals surface area (Å²) in [5.74, 6) is -2.33. The normalized spacial score (nSPS) is 12.9. The van der Waals surface area contributed by atoms with Gasteiger partial charge in [-0.05, 0) is 48.9 Å². The van der Waals surface area contributed by atoms with E-state index in [-0.39, 0.29) is 27.4 Å². The number of carbonyl (C=O) groups excluding carboxylic acids is 3. The number of hydrogen-bond donors (Lipinski definition) is 1. The monoisotopic (exact) mass is 408 g/mol. The van der Waals surface area contributed by atoms with Crippen molar-refractivity contribution in [3.8, 4) is 0 Å². The number of nitrogens with zero attached hydrogens (tertiary/aromatic N) is 1. The van der Waals surface area contributed by atoms with Gasteiger partial charge >= 0.3 is 0 Å². The fourth-order valence-electron chi connectivity index (χ4n) is 3.21. The molecule has 4 rings (SSSR count). The van der Waals surface area contributed by atoms with Crippen LogP contribution in [-0.4, -0.2) is 17.7 Å². The number of rotatable bonds is 3. The molecular weight excluding hydrogens is 395 g/mol. The molecule has 3 aromatic rings. The van der Waals surface area contributed by atoms with Crippen LogP contribution in [0.25, 0.3) is 0 Å². The maximum Gasteiger partial charge on any atom is 0.266 e. The number of hydrogen-bond acceptors (Lipinski definition) is 3. The second-order valence-electron chi connectivity index (χ2n) is 6.55. The van der Waals surface area contributed by atoms with E-state index in [1.54, 1.807) is 25.1 Å². The molecule has 1 aliphatic heterocycles. The van der Waals surface area contributed by atoms with Gasteiger partial charge in [-0.3, -0.25) is 14.4 Å². The molecule has 0 atom stereocenters. The van der Waals surface area contributed by atoms with E-state index in [1.165, 1.54) is 36.4 Å². The highest BCUT2D eigenvalue weighted by Gasteiger charge is 2.37. The van der Waals surface area contributed by atoms with E-state index in [4.69, 9.17) is 11.6 Å². The van der Waals surface area contributed by atoms with Crippen LogP contribution in [0.5, 0.6) is 0 Å². The molecular formula is C22H14ClFN2O3. The Morgan fingerprint density at radius 1 is 0.966 bits per heavy atom. The van der Waals surface area contributed by atoms with Crippen molar-refractivity contribution in [1.29, 1.82) is 0 Å². The van der Waals surface area contributed by atoms with Crippen molar-refractivity contribution >= 4 is 40.7 Å². The predicted octanol–water partition coefficient (Wildman–Crippen LogP) is 4.84. The average Bonchev–Trinajstić information content (AvgIpc) is 2.96. The summed E-state index contributed by atoms with van der Waals surface area (Å²) in [7, 11) is 0. The summed E-state index contributed by atoms with van der Waals surface area (Å²) >= 11 is 5.73. The Hall–Kier alpha value is -3.51. The molecule has 5 nitrogen and oxygen atoms in total. The average molecular weight is 409 g/mol. The molecule has 0 saturated carbocycles. The van der Waals surface area contributed by atoms with E-state index < -0.39 is 23.5 Å². The van der Waals surface area contributed by atoms with E-state index in [2.05, 4.69) is 5.32 Å². The molecule has 29 heavy (non-hydrogen) atoms. The van der Waals surface area contributed by atoms with Crippen LogP contribution in [0.1, 0.15) is 36.6 Å². The van der Waals surface area contributed by atoms with Crippen LogP contribution in [0.3, 0.4) is 0 Å². The number of benzene rings is 3. The maximum absolute atomic E-state index is 14.0. The molecule has 0 radical (unpaired) electrons. The Balaban J connectivity index is 1.66. The zero-order valence-electron chi connectivity index (χ0n) is 15.2. The zero-order valence-corrected chi connectivity index (χ0v) is 16.0. The van der Waals surface area contributed by atoms with Gasteiger partial charge in [0.25, 0.3) is 17.7 Å².